The maximum atomic E-state index is 3.50. The van der Waals surface area contributed by atoms with Gasteiger partial charge in [0.1, 0.15) is 0 Å². The van der Waals surface area contributed by atoms with E-state index in [2.05, 4.69) is 24.1 Å². The third-order valence-electron chi connectivity index (χ3n) is 2.76. The summed E-state index contributed by atoms with van der Waals surface area (Å²) in [6.07, 6.45) is 1.39. The molecular weight excluding hydrogens is 124 g/mol. The quantitative estimate of drug-likeness (QED) is 0.568. The molecule has 0 unspecified atom stereocenters. The summed E-state index contributed by atoms with van der Waals surface area (Å²) in [6.45, 7) is 7.09. The van der Waals surface area contributed by atoms with Gasteiger partial charge >= 0.3 is 0 Å². The molecule has 2 fully saturated rings. The van der Waals surface area contributed by atoms with Crippen LogP contribution in [0.3, 0.4) is 0 Å². The van der Waals surface area contributed by atoms with Gasteiger partial charge in [-0.15, -0.1) is 0 Å². The predicted molar refractivity (Wildman–Crippen MR) is 42.0 cm³/mol. The Morgan fingerprint density at radius 3 is 2.60 bits per heavy atom. The lowest BCUT2D eigenvalue weighted by molar-refractivity contribution is 0.181. The second-order valence-electron chi connectivity index (χ2n) is 3.79. The van der Waals surface area contributed by atoms with Gasteiger partial charge in [0, 0.05) is 31.2 Å². The fourth-order valence-electron chi connectivity index (χ4n) is 2.23. The molecule has 1 N–H and O–H groups in total. The molecule has 0 aliphatic carbocycles. The van der Waals surface area contributed by atoms with Crippen molar-refractivity contribution in [1.82, 2.24) is 10.2 Å². The highest BCUT2D eigenvalue weighted by Crippen LogP contribution is 2.24. The van der Waals surface area contributed by atoms with Crippen molar-refractivity contribution in [3.8, 4) is 0 Å². The zero-order chi connectivity index (χ0) is 7.14. The third kappa shape index (κ3) is 0.867. The molecule has 2 rings (SSSR count). The number of hydrogen-bond donors (Lipinski definition) is 1. The Morgan fingerprint density at radius 1 is 1.50 bits per heavy atom. The zero-order valence-corrected chi connectivity index (χ0v) is 6.80. The fraction of sp³-hybridized carbons (Fsp3) is 1.00. The van der Waals surface area contributed by atoms with Gasteiger partial charge in [-0.1, -0.05) is 0 Å². The predicted octanol–water partition coefficient (Wildman–Crippen LogP) is 0.441. The molecule has 2 bridgehead atoms. The van der Waals surface area contributed by atoms with Crippen molar-refractivity contribution in [2.75, 3.05) is 13.1 Å². The molecule has 2 aliphatic heterocycles. The first kappa shape index (κ1) is 6.62. The Hall–Kier alpha value is -0.0800. The highest BCUT2D eigenvalue weighted by molar-refractivity contribution is 4.98. The topological polar surface area (TPSA) is 15.3 Å². The van der Waals surface area contributed by atoms with Gasteiger partial charge < -0.3 is 5.32 Å². The standard InChI is InChI=1S/C8H16N2/c1-6(2)10-5-7-3-8(10)4-9-7/h6-9H,3-5H2,1-2H3/t7-,8-/m1/s1. The van der Waals surface area contributed by atoms with Crippen LogP contribution in [0.2, 0.25) is 0 Å². The Kier molecular flexibility index (Phi) is 1.46. The molecule has 0 aromatic heterocycles. The Labute approximate surface area is 62.6 Å². The average Bonchev–Trinajstić information content (AvgIpc) is 2.44. The second kappa shape index (κ2) is 2.21. The van der Waals surface area contributed by atoms with E-state index in [4.69, 9.17) is 0 Å². The molecule has 2 heteroatoms. The molecule has 2 saturated heterocycles. The first-order valence-corrected chi connectivity index (χ1v) is 4.26. The molecule has 2 atom stereocenters. The lowest BCUT2D eigenvalue weighted by Gasteiger charge is -2.30. The summed E-state index contributed by atoms with van der Waals surface area (Å²) in [6, 6.07) is 2.41. The summed E-state index contributed by atoms with van der Waals surface area (Å²) in [7, 11) is 0. The van der Waals surface area contributed by atoms with Crippen molar-refractivity contribution >= 4 is 0 Å². The Morgan fingerprint density at radius 2 is 2.30 bits per heavy atom. The molecule has 0 amide bonds. The minimum absolute atomic E-state index is 0.747. The normalized spacial score (nSPS) is 39.9. The number of nitrogens with one attached hydrogen (secondary N) is 1. The number of nitrogens with zero attached hydrogens (tertiary/aromatic N) is 1. The molecule has 2 nitrogen and oxygen atoms in total. The fourth-order valence-corrected chi connectivity index (χ4v) is 2.23. The molecular formula is C8H16N2. The number of likely N-dealkylation sites (tertiary alicyclic amines) is 1. The summed E-state index contributed by atoms with van der Waals surface area (Å²) in [5.74, 6) is 0. The highest BCUT2D eigenvalue weighted by Gasteiger charge is 2.38. The van der Waals surface area contributed by atoms with Gasteiger partial charge in [-0.05, 0) is 20.3 Å². The van der Waals surface area contributed by atoms with Crippen LogP contribution in [0.5, 0.6) is 0 Å². The first-order valence-electron chi connectivity index (χ1n) is 4.26. The van der Waals surface area contributed by atoms with E-state index in [0.29, 0.717) is 0 Å². The molecule has 0 aromatic carbocycles. The van der Waals surface area contributed by atoms with Crippen molar-refractivity contribution in [2.24, 2.45) is 0 Å². The number of hydrogen-bond acceptors (Lipinski definition) is 2. The summed E-state index contributed by atoms with van der Waals surface area (Å²) >= 11 is 0. The smallest absolute Gasteiger partial charge is 0.0239 e. The van der Waals surface area contributed by atoms with E-state index in [1.807, 2.05) is 0 Å². The van der Waals surface area contributed by atoms with E-state index < -0.39 is 0 Å². The van der Waals surface area contributed by atoms with Crippen molar-refractivity contribution in [3.63, 3.8) is 0 Å². The average molecular weight is 140 g/mol. The van der Waals surface area contributed by atoms with Gasteiger partial charge in [-0.3, -0.25) is 4.90 Å². The van der Waals surface area contributed by atoms with Crippen molar-refractivity contribution < 1.29 is 0 Å². The molecule has 2 aliphatic rings. The van der Waals surface area contributed by atoms with Crippen LogP contribution in [-0.2, 0) is 0 Å². The molecule has 0 radical (unpaired) electrons. The van der Waals surface area contributed by atoms with Gasteiger partial charge in [0.25, 0.3) is 0 Å². The van der Waals surface area contributed by atoms with Gasteiger partial charge in [0.2, 0.25) is 0 Å². The molecule has 0 aromatic rings. The monoisotopic (exact) mass is 140 g/mol. The molecule has 10 heavy (non-hydrogen) atoms. The van der Waals surface area contributed by atoms with Gasteiger partial charge in [-0.25, -0.2) is 0 Å². The zero-order valence-electron chi connectivity index (χ0n) is 6.80. The van der Waals surface area contributed by atoms with E-state index in [9.17, 15) is 0 Å². The molecule has 58 valence electrons. The summed E-state index contributed by atoms with van der Waals surface area (Å²) < 4.78 is 0. The lowest BCUT2D eigenvalue weighted by atomic mass is 10.2. The molecule has 0 spiro atoms. The van der Waals surface area contributed by atoms with Crippen LogP contribution >= 0.6 is 0 Å². The van der Waals surface area contributed by atoms with Crippen LogP contribution < -0.4 is 5.32 Å². The summed E-state index contributed by atoms with van der Waals surface area (Å²) in [4.78, 5) is 2.61. The van der Waals surface area contributed by atoms with E-state index in [0.717, 1.165) is 18.1 Å². The van der Waals surface area contributed by atoms with E-state index in [1.165, 1.54) is 19.5 Å². The maximum absolute atomic E-state index is 3.50. The maximum Gasteiger partial charge on any atom is 0.0239 e. The van der Waals surface area contributed by atoms with Gasteiger partial charge in [-0.2, -0.15) is 0 Å². The van der Waals surface area contributed by atoms with E-state index in [-0.39, 0.29) is 0 Å². The minimum atomic E-state index is 0.747. The third-order valence-corrected chi connectivity index (χ3v) is 2.76. The van der Waals surface area contributed by atoms with Crippen molar-refractivity contribution in [1.29, 1.82) is 0 Å². The number of rotatable bonds is 1. The molecule has 2 heterocycles. The van der Waals surface area contributed by atoms with Crippen LogP contribution in [-0.4, -0.2) is 36.1 Å². The van der Waals surface area contributed by atoms with Crippen LogP contribution in [0.25, 0.3) is 0 Å². The van der Waals surface area contributed by atoms with E-state index >= 15 is 0 Å². The Bertz CT molecular complexity index is 133. The number of fused-ring (bicyclic) bond motifs is 2. The van der Waals surface area contributed by atoms with Crippen LogP contribution in [0, 0.1) is 0 Å². The van der Waals surface area contributed by atoms with Crippen LogP contribution in [0.4, 0.5) is 0 Å². The van der Waals surface area contributed by atoms with Gasteiger partial charge in [0.05, 0.1) is 0 Å². The largest absolute Gasteiger partial charge is 0.311 e. The lowest BCUT2D eigenvalue weighted by Crippen LogP contribution is -2.46. The molecule has 0 saturated carbocycles. The van der Waals surface area contributed by atoms with Crippen LogP contribution in [0.15, 0.2) is 0 Å². The van der Waals surface area contributed by atoms with Crippen LogP contribution in [0.1, 0.15) is 20.3 Å². The SMILES string of the molecule is CC(C)N1C[C@H]2C[C@@H]1CN2. The van der Waals surface area contributed by atoms with Crippen molar-refractivity contribution in [3.05, 3.63) is 0 Å². The minimum Gasteiger partial charge on any atom is -0.311 e. The Balaban J connectivity index is 2.02. The van der Waals surface area contributed by atoms with E-state index in [1.54, 1.807) is 0 Å². The van der Waals surface area contributed by atoms with Gasteiger partial charge in [0.15, 0.2) is 0 Å². The summed E-state index contributed by atoms with van der Waals surface area (Å²) in [5.41, 5.74) is 0. The number of piperazine rings is 1. The second-order valence-corrected chi connectivity index (χ2v) is 3.79. The first-order chi connectivity index (χ1) is 4.77. The van der Waals surface area contributed by atoms with Crippen molar-refractivity contribution in [2.45, 2.75) is 38.4 Å². The highest BCUT2D eigenvalue weighted by atomic mass is 15.3. The summed E-state index contributed by atoms with van der Waals surface area (Å²) in [5, 5.41) is 3.50.